The Balaban J connectivity index is 2.03. The first kappa shape index (κ1) is 17.0. The van der Waals surface area contributed by atoms with Crippen LogP contribution in [0.1, 0.15) is 20.9 Å². The van der Waals surface area contributed by atoms with E-state index in [9.17, 15) is 4.79 Å². The summed E-state index contributed by atoms with van der Waals surface area (Å²) in [7, 11) is 1.51. The SMILES string of the molecule is COc1ccc(Cl)cc1NC(=O)c1cc2c(N)c(C#N)sc2nc1C. The zero-order chi connectivity index (χ0) is 18.1. The Morgan fingerprint density at radius 3 is 2.88 bits per heavy atom. The Labute approximate surface area is 152 Å². The number of nitrogens with two attached hydrogens (primary N) is 1. The van der Waals surface area contributed by atoms with Gasteiger partial charge in [0, 0.05) is 10.4 Å². The molecule has 25 heavy (non-hydrogen) atoms. The molecule has 0 atom stereocenters. The molecule has 1 amide bonds. The second kappa shape index (κ2) is 6.59. The predicted molar refractivity (Wildman–Crippen MR) is 99.4 cm³/mol. The van der Waals surface area contributed by atoms with Crippen molar-refractivity contribution < 1.29 is 9.53 Å². The molecule has 0 aliphatic carbocycles. The maximum Gasteiger partial charge on any atom is 0.257 e. The quantitative estimate of drug-likeness (QED) is 0.724. The zero-order valence-corrected chi connectivity index (χ0v) is 15.0. The van der Waals surface area contributed by atoms with Crippen LogP contribution in [0.4, 0.5) is 11.4 Å². The largest absolute Gasteiger partial charge is 0.495 e. The molecule has 2 heterocycles. The fraction of sp³-hybridized carbons (Fsp3) is 0.118. The van der Waals surface area contributed by atoms with E-state index in [1.807, 2.05) is 6.07 Å². The molecule has 0 aliphatic heterocycles. The number of nitrogens with one attached hydrogen (secondary N) is 1. The molecule has 3 rings (SSSR count). The fourth-order valence-electron chi connectivity index (χ4n) is 2.41. The second-order valence-electron chi connectivity index (χ2n) is 5.23. The number of pyridine rings is 1. The number of amides is 1. The molecule has 3 N–H and O–H groups in total. The van der Waals surface area contributed by atoms with E-state index in [-0.39, 0.29) is 5.91 Å². The summed E-state index contributed by atoms with van der Waals surface area (Å²) < 4.78 is 5.23. The van der Waals surface area contributed by atoms with Crippen LogP contribution in [-0.2, 0) is 0 Å². The van der Waals surface area contributed by atoms with Gasteiger partial charge in [-0.3, -0.25) is 4.79 Å². The van der Waals surface area contributed by atoms with Crippen LogP contribution in [0.3, 0.4) is 0 Å². The highest BCUT2D eigenvalue weighted by Gasteiger charge is 2.18. The number of hydrogen-bond acceptors (Lipinski definition) is 6. The summed E-state index contributed by atoms with van der Waals surface area (Å²) in [4.78, 5) is 18.1. The Hall–Kier alpha value is -2.82. The first-order chi connectivity index (χ1) is 11.9. The molecule has 3 aromatic rings. The van der Waals surface area contributed by atoms with E-state index in [2.05, 4.69) is 10.3 Å². The number of rotatable bonds is 3. The maximum atomic E-state index is 12.7. The number of nitrogen functional groups attached to an aromatic ring is 1. The van der Waals surface area contributed by atoms with Crippen molar-refractivity contribution in [1.29, 1.82) is 5.26 Å². The lowest BCUT2D eigenvalue weighted by Gasteiger charge is -2.11. The van der Waals surface area contributed by atoms with Crippen LogP contribution in [0.2, 0.25) is 5.02 Å². The van der Waals surface area contributed by atoms with Gasteiger partial charge < -0.3 is 15.8 Å². The van der Waals surface area contributed by atoms with Gasteiger partial charge in [0.1, 0.15) is 21.5 Å². The van der Waals surface area contributed by atoms with E-state index < -0.39 is 0 Å². The average molecular weight is 373 g/mol. The first-order valence-corrected chi connectivity index (χ1v) is 8.38. The molecule has 8 heteroatoms. The molecule has 1 aromatic carbocycles. The molecule has 0 aliphatic rings. The van der Waals surface area contributed by atoms with Crippen LogP contribution in [0.25, 0.3) is 10.2 Å². The standard InChI is InChI=1S/C17H13ClN4O2S/c1-8-10(6-11-15(20)14(7-19)25-17(11)21-8)16(23)22-12-5-9(18)3-4-13(12)24-2/h3-6H,20H2,1-2H3,(H,22,23). The number of halogens is 1. The van der Waals surface area contributed by atoms with Gasteiger partial charge in [0.25, 0.3) is 5.91 Å². The third-order valence-electron chi connectivity index (χ3n) is 3.67. The predicted octanol–water partition coefficient (Wildman–Crippen LogP) is 3.97. The normalized spacial score (nSPS) is 10.5. The van der Waals surface area contributed by atoms with E-state index in [4.69, 9.17) is 27.3 Å². The van der Waals surface area contributed by atoms with Crippen molar-refractivity contribution in [3.8, 4) is 11.8 Å². The number of fused-ring (bicyclic) bond motifs is 1. The first-order valence-electron chi connectivity index (χ1n) is 7.19. The number of hydrogen-bond donors (Lipinski definition) is 2. The Morgan fingerprint density at radius 1 is 1.44 bits per heavy atom. The monoisotopic (exact) mass is 372 g/mol. The third-order valence-corrected chi connectivity index (χ3v) is 4.92. The van der Waals surface area contributed by atoms with Crippen molar-refractivity contribution in [2.24, 2.45) is 0 Å². The highest BCUT2D eigenvalue weighted by atomic mass is 35.5. The number of thiophene rings is 1. The molecule has 0 radical (unpaired) electrons. The van der Waals surface area contributed by atoms with Crippen molar-refractivity contribution in [3.63, 3.8) is 0 Å². The van der Waals surface area contributed by atoms with Gasteiger partial charge in [0.05, 0.1) is 29.7 Å². The highest BCUT2D eigenvalue weighted by molar-refractivity contribution is 7.19. The number of carbonyl (C=O) groups excluding carboxylic acids is 1. The van der Waals surface area contributed by atoms with E-state index >= 15 is 0 Å². The van der Waals surface area contributed by atoms with Crippen LogP contribution in [0, 0.1) is 18.3 Å². The van der Waals surface area contributed by atoms with Gasteiger partial charge in [-0.15, -0.1) is 11.3 Å². The minimum absolute atomic E-state index is 0.337. The van der Waals surface area contributed by atoms with Crippen LogP contribution in [0.5, 0.6) is 5.75 Å². The molecule has 0 fully saturated rings. The van der Waals surface area contributed by atoms with Crippen LogP contribution in [-0.4, -0.2) is 18.0 Å². The Morgan fingerprint density at radius 2 is 2.20 bits per heavy atom. The van der Waals surface area contributed by atoms with E-state index in [0.29, 0.717) is 48.5 Å². The lowest BCUT2D eigenvalue weighted by atomic mass is 10.1. The van der Waals surface area contributed by atoms with Crippen LogP contribution in [0.15, 0.2) is 24.3 Å². The van der Waals surface area contributed by atoms with Crippen molar-refractivity contribution in [2.75, 3.05) is 18.2 Å². The summed E-state index contributed by atoms with van der Waals surface area (Å²) in [5.41, 5.74) is 7.66. The summed E-state index contributed by atoms with van der Waals surface area (Å²) >= 11 is 7.19. The van der Waals surface area contributed by atoms with Crippen molar-refractivity contribution in [2.45, 2.75) is 6.92 Å². The van der Waals surface area contributed by atoms with Gasteiger partial charge in [0.15, 0.2) is 0 Å². The molecule has 0 spiro atoms. The molecule has 0 unspecified atom stereocenters. The summed E-state index contributed by atoms with van der Waals surface area (Å²) in [6, 6.07) is 8.63. The number of nitrogens with zero attached hydrogens (tertiary/aromatic N) is 2. The lowest BCUT2D eigenvalue weighted by Crippen LogP contribution is -2.14. The van der Waals surface area contributed by atoms with Gasteiger partial charge in [-0.1, -0.05) is 11.6 Å². The molecule has 0 saturated heterocycles. The average Bonchev–Trinajstić information content (AvgIpc) is 2.89. The molecule has 126 valence electrons. The topological polar surface area (TPSA) is 101 Å². The number of carbonyl (C=O) groups is 1. The molecule has 6 nitrogen and oxygen atoms in total. The number of nitriles is 1. The minimum atomic E-state index is -0.364. The van der Waals surface area contributed by atoms with Gasteiger partial charge in [0.2, 0.25) is 0 Å². The highest BCUT2D eigenvalue weighted by Crippen LogP contribution is 2.34. The van der Waals surface area contributed by atoms with Gasteiger partial charge in [-0.25, -0.2) is 4.98 Å². The van der Waals surface area contributed by atoms with Gasteiger partial charge in [-0.2, -0.15) is 5.26 Å². The third kappa shape index (κ3) is 3.09. The second-order valence-corrected chi connectivity index (χ2v) is 6.66. The van der Waals surface area contributed by atoms with Crippen LogP contribution >= 0.6 is 22.9 Å². The number of methoxy groups -OCH3 is 1. The molecule has 0 saturated carbocycles. The molecular weight excluding hydrogens is 360 g/mol. The Bertz CT molecular complexity index is 1040. The molecular formula is C17H13ClN4O2S. The van der Waals surface area contributed by atoms with Crippen LogP contribution < -0.4 is 15.8 Å². The maximum absolute atomic E-state index is 12.7. The number of aryl methyl sites for hydroxylation is 1. The Kier molecular flexibility index (Phi) is 4.49. The van der Waals surface area contributed by atoms with Crippen molar-refractivity contribution >= 4 is 50.4 Å². The lowest BCUT2D eigenvalue weighted by molar-refractivity contribution is 0.102. The molecule has 2 aromatic heterocycles. The van der Waals surface area contributed by atoms with Gasteiger partial charge >= 0.3 is 0 Å². The minimum Gasteiger partial charge on any atom is -0.495 e. The summed E-state index contributed by atoms with van der Waals surface area (Å²) in [6.07, 6.45) is 0. The summed E-state index contributed by atoms with van der Waals surface area (Å²) in [5, 5.41) is 12.9. The fourth-order valence-corrected chi connectivity index (χ4v) is 3.50. The van der Waals surface area contributed by atoms with E-state index in [1.54, 1.807) is 31.2 Å². The van der Waals surface area contributed by atoms with Crippen molar-refractivity contribution in [3.05, 3.63) is 45.4 Å². The van der Waals surface area contributed by atoms with E-state index in [0.717, 1.165) is 0 Å². The van der Waals surface area contributed by atoms with Crippen molar-refractivity contribution in [1.82, 2.24) is 4.98 Å². The number of anilines is 2. The van der Waals surface area contributed by atoms with Gasteiger partial charge in [-0.05, 0) is 31.2 Å². The number of aromatic nitrogens is 1. The number of ether oxygens (including phenoxy) is 1. The van der Waals surface area contributed by atoms with E-state index in [1.165, 1.54) is 18.4 Å². The molecule has 0 bridgehead atoms. The number of benzene rings is 1. The summed E-state index contributed by atoms with van der Waals surface area (Å²) in [6.45, 7) is 1.73. The summed E-state index contributed by atoms with van der Waals surface area (Å²) in [5.74, 6) is 0.128. The smallest absolute Gasteiger partial charge is 0.257 e. The zero-order valence-electron chi connectivity index (χ0n) is 13.4.